The number of aliphatic imine (C=N–C) groups is 1. The molecule has 0 fully saturated rings. The number of hydrogen-bond donors (Lipinski definition) is 2. The summed E-state index contributed by atoms with van der Waals surface area (Å²) in [6, 6.07) is 10.6. The Labute approximate surface area is 122 Å². The first kappa shape index (κ1) is 14.5. The minimum atomic E-state index is -0.633. The van der Waals surface area contributed by atoms with Gasteiger partial charge in [-0.1, -0.05) is 6.07 Å². The molecule has 1 amide bonds. The third-order valence-corrected chi connectivity index (χ3v) is 2.85. The van der Waals surface area contributed by atoms with Crippen LogP contribution in [-0.2, 0) is 11.4 Å². The Balaban J connectivity index is 2.21. The summed E-state index contributed by atoms with van der Waals surface area (Å²) in [5.74, 6) is -0.0710. The van der Waals surface area contributed by atoms with E-state index in [1.165, 1.54) is 7.05 Å². The lowest BCUT2D eigenvalue weighted by Crippen LogP contribution is -2.25. The van der Waals surface area contributed by atoms with E-state index in [2.05, 4.69) is 9.98 Å². The number of amides is 1. The molecule has 4 N–H and O–H groups in total. The molecule has 108 valence electrons. The van der Waals surface area contributed by atoms with E-state index in [0.29, 0.717) is 23.6 Å². The Morgan fingerprint density at radius 2 is 2.14 bits per heavy atom. The van der Waals surface area contributed by atoms with Crippen LogP contribution in [0.3, 0.4) is 0 Å². The summed E-state index contributed by atoms with van der Waals surface area (Å²) < 4.78 is 5.64. The molecule has 0 radical (unpaired) electrons. The number of pyridine rings is 1. The van der Waals surface area contributed by atoms with Crippen LogP contribution in [0, 0.1) is 0 Å². The van der Waals surface area contributed by atoms with Gasteiger partial charge in [0.1, 0.15) is 18.1 Å². The molecular weight excluding hydrogens is 268 g/mol. The average molecular weight is 284 g/mol. The Morgan fingerprint density at radius 3 is 2.76 bits per heavy atom. The summed E-state index contributed by atoms with van der Waals surface area (Å²) in [5, 5.41) is 0. The van der Waals surface area contributed by atoms with Crippen molar-refractivity contribution in [3.8, 4) is 5.75 Å². The molecule has 2 aromatic rings. The third kappa shape index (κ3) is 3.56. The second kappa shape index (κ2) is 6.51. The molecule has 0 aliphatic heterocycles. The summed E-state index contributed by atoms with van der Waals surface area (Å²) in [6.45, 7) is 0.319. The quantitative estimate of drug-likeness (QED) is 0.634. The predicted molar refractivity (Wildman–Crippen MR) is 81.1 cm³/mol. The van der Waals surface area contributed by atoms with Gasteiger partial charge in [0.2, 0.25) is 0 Å². The van der Waals surface area contributed by atoms with Crippen molar-refractivity contribution >= 4 is 17.3 Å². The maximum atomic E-state index is 11.4. The summed E-state index contributed by atoms with van der Waals surface area (Å²) >= 11 is 0. The zero-order valence-corrected chi connectivity index (χ0v) is 11.6. The summed E-state index contributed by atoms with van der Waals surface area (Å²) in [5.41, 5.74) is 12.9. The van der Waals surface area contributed by atoms with Crippen LogP contribution in [0.2, 0.25) is 0 Å². The van der Waals surface area contributed by atoms with Crippen molar-refractivity contribution < 1.29 is 9.53 Å². The van der Waals surface area contributed by atoms with Crippen LogP contribution < -0.4 is 16.2 Å². The van der Waals surface area contributed by atoms with Gasteiger partial charge in [0.05, 0.1) is 5.69 Å². The number of carbonyl (C=O) groups is 1. The van der Waals surface area contributed by atoms with Gasteiger partial charge in [0.25, 0.3) is 5.91 Å². The molecule has 0 atom stereocenters. The van der Waals surface area contributed by atoms with Crippen molar-refractivity contribution in [1.29, 1.82) is 0 Å². The highest BCUT2D eigenvalue weighted by Gasteiger charge is 2.13. The first-order valence-electron chi connectivity index (χ1n) is 6.31. The molecule has 21 heavy (non-hydrogen) atoms. The molecule has 0 saturated heterocycles. The largest absolute Gasteiger partial charge is 0.487 e. The first-order chi connectivity index (χ1) is 10.1. The second-order valence-corrected chi connectivity index (χ2v) is 4.30. The number of carbonyl (C=O) groups excluding carboxylic acids is 1. The summed E-state index contributed by atoms with van der Waals surface area (Å²) in [4.78, 5) is 19.4. The molecule has 2 rings (SSSR count). The van der Waals surface area contributed by atoms with Crippen LogP contribution in [0.1, 0.15) is 11.3 Å². The van der Waals surface area contributed by atoms with Gasteiger partial charge in [-0.25, -0.2) is 0 Å². The van der Waals surface area contributed by atoms with Crippen LogP contribution in [0.25, 0.3) is 0 Å². The van der Waals surface area contributed by atoms with Gasteiger partial charge < -0.3 is 16.2 Å². The standard InChI is InChI=1S/C15H16N4O2/c1-18-14(15(17)20)12-8-11(5-6-13(12)16)21-9-10-4-2-3-7-19-10/h2-8H,9,16H2,1H3,(H2,17,20). The zero-order valence-electron chi connectivity index (χ0n) is 11.6. The van der Waals surface area contributed by atoms with Crippen LogP contribution in [0.5, 0.6) is 5.75 Å². The van der Waals surface area contributed by atoms with E-state index in [0.717, 1.165) is 5.69 Å². The number of rotatable bonds is 5. The number of benzene rings is 1. The molecule has 0 aliphatic rings. The van der Waals surface area contributed by atoms with E-state index in [1.807, 2.05) is 18.2 Å². The van der Waals surface area contributed by atoms with E-state index in [4.69, 9.17) is 16.2 Å². The number of aromatic nitrogens is 1. The lowest BCUT2D eigenvalue weighted by molar-refractivity contribution is -0.111. The van der Waals surface area contributed by atoms with E-state index in [-0.39, 0.29) is 5.71 Å². The fourth-order valence-electron chi connectivity index (χ4n) is 1.83. The molecule has 0 aliphatic carbocycles. The lowest BCUT2D eigenvalue weighted by atomic mass is 10.1. The van der Waals surface area contributed by atoms with Crippen molar-refractivity contribution in [3.05, 3.63) is 53.9 Å². The first-order valence-corrected chi connectivity index (χ1v) is 6.31. The third-order valence-electron chi connectivity index (χ3n) is 2.85. The molecule has 6 nitrogen and oxygen atoms in total. The maximum Gasteiger partial charge on any atom is 0.267 e. The Morgan fingerprint density at radius 1 is 1.33 bits per heavy atom. The highest BCUT2D eigenvalue weighted by Crippen LogP contribution is 2.21. The fraction of sp³-hybridized carbons (Fsp3) is 0.133. The van der Waals surface area contributed by atoms with Gasteiger partial charge in [-0.15, -0.1) is 0 Å². The van der Waals surface area contributed by atoms with E-state index in [9.17, 15) is 4.79 Å². The molecular formula is C15H16N4O2. The fourth-order valence-corrected chi connectivity index (χ4v) is 1.83. The maximum absolute atomic E-state index is 11.4. The summed E-state index contributed by atoms with van der Waals surface area (Å²) in [7, 11) is 1.49. The molecule has 1 aromatic heterocycles. The van der Waals surface area contributed by atoms with Crippen LogP contribution in [-0.4, -0.2) is 23.7 Å². The normalized spacial score (nSPS) is 11.2. The number of anilines is 1. The van der Waals surface area contributed by atoms with E-state index < -0.39 is 5.91 Å². The van der Waals surface area contributed by atoms with E-state index >= 15 is 0 Å². The minimum absolute atomic E-state index is 0.121. The zero-order chi connectivity index (χ0) is 15.2. The van der Waals surface area contributed by atoms with Crippen molar-refractivity contribution in [2.24, 2.45) is 10.7 Å². The smallest absolute Gasteiger partial charge is 0.267 e. The van der Waals surface area contributed by atoms with Gasteiger partial charge in [0, 0.05) is 24.5 Å². The van der Waals surface area contributed by atoms with Gasteiger partial charge in [-0.05, 0) is 30.3 Å². The second-order valence-electron chi connectivity index (χ2n) is 4.30. The number of nitrogens with two attached hydrogens (primary N) is 2. The number of nitrogen functional groups attached to an aromatic ring is 1. The number of hydrogen-bond acceptors (Lipinski definition) is 5. The molecule has 0 saturated carbocycles. The Kier molecular flexibility index (Phi) is 4.50. The van der Waals surface area contributed by atoms with Crippen LogP contribution >= 0.6 is 0 Å². The summed E-state index contributed by atoms with van der Waals surface area (Å²) in [6.07, 6.45) is 1.70. The molecule has 1 heterocycles. The van der Waals surface area contributed by atoms with Gasteiger partial charge >= 0.3 is 0 Å². The molecule has 0 bridgehead atoms. The topological polar surface area (TPSA) is 104 Å². The molecule has 0 unspecified atom stereocenters. The van der Waals surface area contributed by atoms with E-state index in [1.54, 1.807) is 24.4 Å². The van der Waals surface area contributed by atoms with Gasteiger partial charge in [-0.3, -0.25) is 14.8 Å². The van der Waals surface area contributed by atoms with Crippen LogP contribution in [0.15, 0.2) is 47.6 Å². The Hall–Kier alpha value is -2.89. The Bertz CT molecular complexity index is 669. The van der Waals surface area contributed by atoms with Crippen molar-refractivity contribution in [1.82, 2.24) is 4.98 Å². The molecule has 1 aromatic carbocycles. The highest BCUT2D eigenvalue weighted by molar-refractivity contribution is 6.45. The molecule has 0 spiro atoms. The average Bonchev–Trinajstić information content (AvgIpc) is 2.49. The van der Waals surface area contributed by atoms with Gasteiger partial charge in [-0.2, -0.15) is 0 Å². The van der Waals surface area contributed by atoms with Crippen molar-refractivity contribution in [2.45, 2.75) is 6.61 Å². The monoisotopic (exact) mass is 284 g/mol. The van der Waals surface area contributed by atoms with Gasteiger partial charge in [0.15, 0.2) is 0 Å². The minimum Gasteiger partial charge on any atom is -0.487 e. The molecule has 6 heteroatoms. The van der Waals surface area contributed by atoms with Crippen molar-refractivity contribution in [2.75, 3.05) is 12.8 Å². The predicted octanol–water partition coefficient (Wildman–Crippen LogP) is 1.15. The lowest BCUT2D eigenvalue weighted by Gasteiger charge is -2.10. The number of nitrogens with zero attached hydrogens (tertiary/aromatic N) is 2. The highest BCUT2D eigenvalue weighted by atomic mass is 16.5. The number of primary amides is 1. The SMILES string of the molecule is CN=C(C(N)=O)c1cc(OCc2ccccn2)ccc1N. The number of ether oxygens (including phenoxy) is 1. The van der Waals surface area contributed by atoms with Crippen molar-refractivity contribution in [3.63, 3.8) is 0 Å². The van der Waals surface area contributed by atoms with Crippen LogP contribution in [0.4, 0.5) is 5.69 Å².